The van der Waals surface area contributed by atoms with Gasteiger partial charge in [0, 0.05) is 11.3 Å². The molecular weight excluding hydrogens is 358 g/mol. The SMILES string of the molecule is CCc1ccc(NC(=O)COc2ccc(C(C)(C)CC)cc2C(C)(C)CC)cc1. The number of carbonyl (C=O) groups excluding carboxylic acids is 1. The molecule has 0 aliphatic heterocycles. The summed E-state index contributed by atoms with van der Waals surface area (Å²) >= 11 is 0. The van der Waals surface area contributed by atoms with Gasteiger partial charge in [-0.25, -0.2) is 0 Å². The van der Waals surface area contributed by atoms with Crippen LogP contribution < -0.4 is 10.1 Å². The maximum atomic E-state index is 12.4. The number of hydrogen-bond acceptors (Lipinski definition) is 2. The van der Waals surface area contributed by atoms with Crippen LogP contribution in [-0.4, -0.2) is 12.5 Å². The Balaban J connectivity index is 2.17. The predicted molar refractivity (Wildman–Crippen MR) is 123 cm³/mol. The molecule has 0 heterocycles. The summed E-state index contributed by atoms with van der Waals surface area (Å²) in [7, 11) is 0. The Labute approximate surface area is 176 Å². The van der Waals surface area contributed by atoms with E-state index in [0.717, 1.165) is 30.7 Å². The average Bonchev–Trinajstić information content (AvgIpc) is 2.72. The van der Waals surface area contributed by atoms with E-state index in [-0.39, 0.29) is 23.3 Å². The fourth-order valence-corrected chi connectivity index (χ4v) is 3.16. The third kappa shape index (κ3) is 5.85. The van der Waals surface area contributed by atoms with Crippen molar-refractivity contribution in [1.82, 2.24) is 0 Å². The predicted octanol–water partition coefficient (Wildman–Crippen LogP) is 6.64. The lowest BCUT2D eigenvalue weighted by Gasteiger charge is -2.30. The van der Waals surface area contributed by atoms with Gasteiger partial charge in [0.05, 0.1) is 0 Å². The first-order valence-corrected chi connectivity index (χ1v) is 10.8. The van der Waals surface area contributed by atoms with Crippen molar-refractivity contribution in [1.29, 1.82) is 0 Å². The average molecular weight is 396 g/mol. The summed E-state index contributed by atoms with van der Waals surface area (Å²) in [6.07, 6.45) is 3.05. The largest absolute Gasteiger partial charge is 0.483 e. The normalized spacial score (nSPS) is 12.0. The number of hydrogen-bond donors (Lipinski definition) is 1. The molecule has 0 spiro atoms. The molecule has 3 heteroatoms. The molecule has 0 saturated heterocycles. The molecule has 158 valence electrons. The zero-order chi connectivity index (χ0) is 21.7. The lowest BCUT2D eigenvalue weighted by atomic mass is 9.76. The molecule has 2 aromatic rings. The van der Waals surface area contributed by atoms with Crippen molar-refractivity contribution in [2.75, 3.05) is 11.9 Å². The lowest BCUT2D eigenvalue weighted by molar-refractivity contribution is -0.118. The highest BCUT2D eigenvalue weighted by Gasteiger charge is 2.26. The van der Waals surface area contributed by atoms with Crippen LogP contribution in [0.2, 0.25) is 0 Å². The van der Waals surface area contributed by atoms with Crippen molar-refractivity contribution in [2.45, 2.75) is 78.6 Å². The Hall–Kier alpha value is -2.29. The van der Waals surface area contributed by atoms with Crippen molar-refractivity contribution in [3.63, 3.8) is 0 Å². The third-order valence-corrected chi connectivity index (χ3v) is 6.26. The molecule has 29 heavy (non-hydrogen) atoms. The summed E-state index contributed by atoms with van der Waals surface area (Å²) in [5.41, 5.74) is 4.61. The molecule has 0 radical (unpaired) electrons. The van der Waals surface area contributed by atoms with Crippen LogP contribution in [0, 0.1) is 0 Å². The minimum atomic E-state index is -0.146. The van der Waals surface area contributed by atoms with Crippen LogP contribution in [0.5, 0.6) is 5.75 Å². The van der Waals surface area contributed by atoms with Gasteiger partial charge in [-0.1, -0.05) is 72.7 Å². The Morgan fingerprint density at radius 2 is 1.52 bits per heavy atom. The summed E-state index contributed by atoms with van der Waals surface area (Å²) in [6, 6.07) is 14.4. The van der Waals surface area contributed by atoms with Crippen molar-refractivity contribution in [2.24, 2.45) is 0 Å². The molecule has 0 aliphatic rings. The fourth-order valence-electron chi connectivity index (χ4n) is 3.16. The summed E-state index contributed by atoms with van der Waals surface area (Å²) in [5, 5.41) is 2.92. The summed E-state index contributed by atoms with van der Waals surface area (Å²) in [4.78, 5) is 12.4. The van der Waals surface area contributed by atoms with Crippen LogP contribution in [0.4, 0.5) is 5.69 Å². The van der Waals surface area contributed by atoms with Crippen molar-refractivity contribution in [3.05, 3.63) is 59.2 Å². The van der Waals surface area contributed by atoms with E-state index in [2.05, 4.69) is 65.9 Å². The monoisotopic (exact) mass is 395 g/mol. The second kappa shape index (κ2) is 9.47. The lowest BCUT2D eigenvalue weighted by Crippen LogP contribution is -2.24. The van der Waals surface area contributed by atoms with Crippen LogP contribution in [0.3, 0.4) is 0 Å². The van der Waals surface area contributed by atoms with E-state index in [1.165, 1.54) is 16.7 Å². The third-order valence-electron chi connectivity index (χ3n) is 6.26. The van der Waals surface area contributed by atoms with E-state index in [9.17, 15) is 4.79 Å². The smallest absolute Gasteiger partial charge is 0.262 e. The van der Waals surface area contributed by atoms with E-state index < -0.39 is 0 Å². The van der Waals surface area contributed by atoms with Crippen LogP contribution in [-0.2, 0) is 22.0 Å². The van der Waals surface area contributed by atoms with E-state index in [1.807, 2.05) is 30.3 Å². The molecule has 0 unspecified atom stereocenters. The van der Waals surface area contributed by atoms with Gasteiger partial charge in [-0.15, -0.1) is 0 Å². The van der Waals surface area contributed by atoms with Crippen molar-refractivity contribution in [3.8, 4) is 5.75 Å². The van der Waals surface area contributed by atoms with Gasteiger partial charge in [-0.05, 0) is 59.4 Å². The van der Waals surface area contributed by atoms with Gasteiger partial charge in [0.15, 0.2) is 6.61 Å². The maximum Gasteiger partial charge on any atom is 0.262 e. The quantitative estimate of drug-likeness (QED) is 0.517. The number of aryl methyl sites for hydroxylation is 1. The van der Waals surface area contributed by atoms with Gasteiger partial charge in [-0.2, -0.15) is 0 Å². The standard InChI is InChI=1S/C26H37NO2/c1-8-19-11-14-21(15-12-19)27-24(28)18-29-23-16-13-20(25(4,5)9-2)17-22(23)26(6,7)10-3/h11-17H,8-10,18H2,1-7H3,(H,27,28). The maximum absolute atomic E-state index is 12.4. The van der Waals surface area contributed by atoms with Crippen LogP contribution in [0.1, 0.15) is 78.0 Å². The summed E-state index contributed by atoms with van der Waals surface area (Å²) < 4.78 is 5.99. The second-order valence-electron chi connectivity index (χ2n) is 9.07. The number of rotatable bonds is 9. The topological polar surface area (TPSA) is 38.3 Å². The van der Waals surface area contributed by atoms with Gasteiger partial charge >= 0.3 is 0 Å². The minimum absolute atomic E-state index is 0.00115. The van der Waals surface area contributed by atoms with E-state index in [4.69, 9.17) is 4.74 Å². The molecule has 0 atom stereocenters. The number of anilines is 1. The summed E-state index contributed by atoms with van der Waals surface area (Å²) in [5.74, 6) is 0.649. The van der Waals surface area contributed by atoms with Gasteiger partial charge < -0.3 is 10.1 Å². The number of carbonyl (C=O) groups is 1. The van der Waals surface area contributed by atoms with E-state index in [0.29, 0.717) is 0 Å². The Morgan fingerprint density at radius 3 is 2.07 bits per heavy atom. The molecule has 1 amide bonds. The van der Waals surface area contributed by atoms with E-state index in [1.54, 1.807) is 0 Å². The zero-order valence-electron chi connectivity index (χ0n) is 19.2. The van der Waals surface area contributed by atoms with Gasteiger partial charge in [0.25, 0.3) is 5.91 Å². The Bertz CT molecular complexity index is 819. The van der Waals surface area contributed by atoms with Crippen LogP contribution in [0.15, 0.2) is 42.5 Å². The highest BCUT2D eigenvalue weighted by molar-refractivity contribution is 5.91. The highest BCUT2D eigenvalue weighted by atomic mass is 16.5. The molecule has 0 saturated carbocycles. The number of ether oxygens (including phenoxy) is 1. The minimum Gasteiger partial charge on any atom is -0.483 e. The molecule has 0 aromatic heterocycles. The Morgan fingerprint density at radius 1 is 0.897 bits per heavy atom. The zero-order valence-corrected chi connectivity index (χ0v) is 19.2. The molecule has 0 aliphatic carbocycles. The highest BCUT2D eigenvalue weighted by Crippen LogP contribution is 2.38. The van der Waals surface area contributed by atoms with Crippen LogP contribution >= 0.6 is 0 Å². The summed E-state index contributed by atoms with van der Waals surface area (Å²) in [6.45, 7) is 15.5. The number of amides is 1. The van der Waals surface area contributed by atoms with Crippen molar-refractivity contribution < 1.29 is 9.53 Å². The second-order valence-corrected chi connectivity index (χ2v) is 9.07. The molecule has 0 bridgehead atoms. The van der Waals surface area contributed by atoms with Crippen LogP contribution in [0.25, 0.3) is 0 Å². The molecule has 0 fully saturated rings. The number of benzene rings is 2. The fraction of sp³-hybridized carbons (Fsp3) is 0.500. The molecule has 1 N–H and O–H groups in total. The molecule has 2 aromatic carbocycles. The molecular formula is C26H37NO2. The van der Waals surface area contributed by atoms with Gasteiger partial charge in [0.1, 0.15) is 5.75 Å². The van der Waals surface area contributed by atoms with Gasteiger partial charge in [0.2, 0.25) is 0 Å². The molecule has 3 nitrogen and oxygen atoms in total. The molecule has 2 rings (SSSR count). The van der Waals surface area contributed by atoms with Crippen molar-refractivity contribution >= 4 is 11.6 Å². The first-order chi connectivity index (χ1) is 13.6. The van der Waals surface area contributed by atoms with Gasteiger partial charge in [-0.3, -0.25) is 4.79 Å². The first-order valence-electron chi connectivity index (χ1n) is 10.8. The number of nitrogens with one attached hydrogen (secondary N) is 1. The van der Waals surface area contributed by atoms with E-state index >= 15 is 0 Å². The Kier molecular flexibility index (Phi) is 7.51. The first kappa shape index (κ1) is 23.0.